The predicted octanol–water partition coefficient (Wildman–Crippen LogP) is 3.27. The zero-order chi connectivity index (χ0) is 20.4. The highest BCUT2D eigenvalue weighted by molar-refractivity contribution is 5.81. The van der Waals surface area contributed by atoms with Gasteiger partial charge in [0.15, 0.2) is 5.76 Å². The molecule has 0 saturated carbocycles. The summed E-state index contributed by atoms with van der Waals surface area (Å²) in [5.74, 6) is 0.345. The van der Waals surface area contributed by atoms with Crippen LogP contribution >= 0.6 is 0 Å². The van der Waals surface area contributed by atoms with Crippen molar-refractivity contribution in [3.8, 4) is 11.3 Å². The molecule has 4 rings (SSSR count). The van der Waals surface area contributed by atoms with E-state index in [9.17, 15) is 9.59 Å². The van der Waals surface area contributed by atoms with Crippen LogP contribution in [0.15, 0.2) is 76.3 Å². The maximum Gasteiger partial charge on any atom is 0.261 e. The van der Waals surface area contributed by atoms with Crippen LogP contribution in [0.5, 0.6) is 0 Å². The maximum absolute atomic E-state index is 12.9. The lowest BCUT2D eigenvalue weighted by Gasteiger charge is -2.21. The summed E-state index contributed by atoms with van der Waals surface area (Å²) in [6.45, 7) is 1.94. The van der Waals surface area contributed by atoms with Crippen molar-refractivity contribution in [3.05, 3.63) is 83.1 Å². The Morgan fingerprint density at radius 2 is 1.86 bits per heavy atom. The molecule has 1 amide bonds. The topological polar surface area (TPSA) is 81.2 Å². The molecule has 2 aromatic heterocycles. The second-order valence-corrected chi connectivity index (χ2v) is 6.89. The molecule has 0 aliphatic heterocycles. The summed E-state index contributed by atoms with van der Waals surface area (Å²) in [5, 5.41) is 4.56. The molecule has 4 aromatic rings. The third-order valence-electron chi connectivity index (χ3n) is 4.86. The largest absolute Gasteiger partial charge is 0.359 e. The number of likely N-dealkylation sites (N-methyl/N-ethyl adjacent to an activating group) is 1. The smallest absolute Gasteiger partial charge is 0.261 e. The molecule has 7 nitrogen and oxygen atoms in total. The minimum absolute atomic E-state index is 0.221. The van der Waals surface area contributed by atoms with Crippen LogP contribution in [0.25, 0.3) is 22.2 Å². The molecule has 1 atom stereocenters. The van der Waals surface area contributed by atoms with Gasteiger partial charge in [0.2, 0.25) is 5.91 Å². The number of nitrogens with zero attached hydrogens (tertiary/aromatic N) is 4. The lowest BCUT2D eigenvalue weighted by atomic mass is 10.1. The first-order valence-electron chi connectivity index (χ1n) is 9.26. The molecular formula is C22H20N4O3. The first kappa shape index (κ1) is 18.6. The van der Waals surface area contributed by atoms with Crippen LogP contribution in [0.1, 0.15) is 18.7 Å². The van der Waals surface area contributed by atoms with Gasteiger partial charge in [0.1, 0.15) is 11.7 Å². The van der Waals surface area contributed by atoms with Crippen molar-refractivity contribution in [2.24, 2.45) is 0 Å². The third-order valence-corrected chi connectivity index (χ3v) is 4.86. The molecule has 7 heteroatoms. The number of hydrogen-bond acceptors (Lipinski definition) is 5. The highest BCUT2D eigenvalue weighted by Crippen LogP contribution is 2.20. The minimum Gasteiger partial charge on any atom is -0.359 e. The van der Waals surface area contributed by atoms with E-state index >= 15 is 0 Å². The molecule has 2 heterocycles. The monoisotopic (exact) mass is 388 g/mol. The molecule has 0 aliphatic carbocycles. The fourth-order valence-electron chi connectivity index (χ4n) is 3.24. The summed E-state index contributed by atoms with van der Waals surface area (Å²) in [6, 6.07) is 17.9. The molecule has 0 radical (unpaired) electrons. The van der Waals surface area contributed by atoms with Gasteiger partial charge in [-0.3, -0.25) is 14.2 Å². The zero-order valence-corrected chi connectivity index (χ0v) is 16.1. The van der Waals surface area contributed by atoms with E-state index in [1.165, 1.54) is 15.8 Å². The number of para-hydroxylation sites is 1. The maximum atomic E-state index is 12.9. The standard InChI is InChI=1S/C22H20N4O3/c1-15(26-14-23-19-11-7-6-10-18(19)22(26)28)21(27)25(2)13-17-12-20(24-29-17)16-8-4-3-5-9-16/h3-12,14-15H,13H2,1-2H3/t15-/m1/s1. The lowest BCUT2D eigenvalue weighted by Crippen LogP contribution is -2.36. The summed E-state index contributed by atoms with van der Waals surface area (Å²) < 4.78 is 6.74. The fraction of sp³-hybridized carbons (Fsp3) is 0.182. The van der Waals surface area contributed by atoms with Crippen molar-refractivity contribution in [1.82, 2.24) is 19.6 Å². The molecule has 146 valence electrons. The number of aromatic nitrogens is 3. The quantitative estimate of drug-likeness (QED) is 0.524. The van der Waals surface area contributed by atoms with Crippen molar-refractivity contribution in [2.75, 3.05) is 7.05 Å². The van der Waals surface area contributed by atoms with Crippen LogP contribution in [-0.2, 0) is 11.3 Å². The van der Waals surface area contributed by atoms with Gasteiger partial charge >= 0.3 is 0 Å². The van der Waals surface area contributed by atoms with E-state index in [1.54, 1.807) is 32.2 Å². The SMILES string of the molecule is C[C@H](C(=O)N(C)Cc1cc(-c2ccccc2)no1)n1cnc2ccccc2c1=O. The average Bonchev–Trinajstić information content (AvgIpc) is 3.22. The van der Waals surface area contributed by atoms with Crippen LogP contribution in [0.4, 0.5) is 0 Å². The number of rotatable bonds is 5. The fourth-order valence-corrected chi connectivity index (χ4v) is 3.24. The first-order chi connectivity index (χ1) is 14.0. The Morgan fingerprint density at radius 1 is 1.14 bits per heavy atom. The van der Waals surface area contributed by atoms with Gasteiger partial charge < -0.3 is 9.42 Å². The van der Waals surface area contributed by atoms with Gasteiger partial charge in [-0.15, -0.1) is 0 Å². The Labute approximate surface area is 167 Å². The average molecular weight is 388 g/mol. The van der Waals surface area contributed by atoms with Gasteiger partial charge in [-0.25, -0.2) is 4.98 Å². The van der Waals surface area contributed by atoms with Gasteiger partial charge in [0.25, 0.3) is 5.56 Å². The second kappa shape index (κ2) is 7.71. The highest BCUT2D eigenvalue weighted by Gasteiger charge is 2.22. The van der Waals surface area contributed by atoms with E-state index in [2.05, 4.69) is 10.1 Å². The molecule has 0 saturated heterocycles. The summed E-state index contributed by atoms with van der Waals surface area (Å²) in [6.07, 6.45) is 1.42. The van der Waals surface area contributed by atoms with E-state index in [0.29, 0.717) is 22.4 Å². The normalized spacial score (nSPS) is 12.1. The highest BCUT2D eigenvalue weighted by atomic mass is 16.5. The van der Waals surface area contributed by atoms with Crippen molar-refractivity contribution in [3.63, 3.8) is 0 Å². The predicted molar refractivity (Wildman–Crippen MR) is 109 cm³/mol. The molecule has 0 fully saturated rings. The second-order valence-electron chi connectivity index (χ2n) is 6.89. The Morgan fingerprint density at radius 3 is 2.66 bits per heavy atom. The van der Waals surface area contributed by atoms with Crippen molar-refractivity contribution < 1.29 is 9.32 Å². The van der Waals surface area contributed by atoms with E-state index in [-0.39, 0.29) is 18.0 Å². The Bertz CT molecular complexity index is 1210. The van der Waals surface area contributed by atoms with Gasteiger partial charge in [-0.2, -0.15) is 0 Å². The molecule has 0 N–H and O–H groups in total. The molecular weight excluding hydrogens is 368 g/mol. The summed E-state index contributed by atoms with van der Waals surface area (Å²) in [5.41, 5.74) is 2.02. The van der Waals surface area contributed by atoms with Gasteiger partial charge in [0, 0.05) is 18.7 Å². The Kier molecular flexibility index (Phi) is 4.95. The molecule has 2 aromatic carbocycles. The van der Waals surface area contributed by atoms with Crippen molar-refractivity contribution >= 4 is 16.8 Å². The molecule has 0 bridgehead atoms. The summed E-state index contributed by atoms with van der Waals surface area (Å²) >= 11 is 0. The number of amides is 1. The minimum atomic E-state index is -0.693. The van der Waals surface area contributed by atoms with Crippen LogP contribution in [0.3, 0.4) is 0 Å². The van der Waals surface area contributed by atoms with Crippen molar-refractivity contribution in [1.29, 1.82) is 0 Å². The van der Waals surface area contributed by atoms with Crippen LogP contribution < -0.4 is 5.56 Å². The van der Waals surface area contributed by atoms with Gasteiger partial charge in [-0.05, 0) is 19.1 Å². The van der Waals surface area contributed by atoms with E-state index in [1.807, 2.05) is 42.5 Å². The summed E-state index contributed by atoms with van der Waals surface area (Å²) in [7, 11) is 1.67. The van der Waals surface area contributed by atoms with Crippen LogP contribution in [0, 0.1) is 0 Å². The van der Waals surface area contributed by atoms with Crippen LogP contribution in [-0.4, -0.2) is 32.6 Å². The third kappa shape index (κ3) is 3.67. The molecule has 29 heavy (non-hydrogen) atoms. The molecule has 0 aliphatic rings. The summed E-state index contributed by atoms with van der Waals surface area (Å²) in [4.78, 5) is 31.4. The molecule has 0 spiro atoms. The number of benzene rings is 2. The van der Waals surface area contributed by atoms with E-state index in [4.69, 9.17) is 4.52 Å². The van der Waals surface area contributed by atoms with Crippen LogP contribution in [0.2, 0.25) is 0 Å². The number of carbonyl (C=O) groups excluding carboxylic acids is 1. The van der Waals surface area contributed by atoms with E-state index < -0.39 is 6.04 Å². The number of hydrogen-bond donors (Lipinski definition) is 0. The zero-order valence-electron chi connectivity index (χ0n) is 16.1. The Balaban J connectivity index is 1.52. The number of fused-ring (bicyclic) bond motifs is 1. The number of carbonyl (C=O) groups is 1. The van der Waals surface area contributed by atoms with Crippen molar-refractivity contribution in [2.45, 2.75) is 19.5 Å². The first-order valence-corrected chi connectivity index (χ1v) is 9.26. The van der Waals surface area contributed by atoms with E-state index in [0.717, 1.165) is 5.56 Å². The van der Waals surface area contributed by atoms with Gasteiger partial charge in [-0.1, -0.05) is 47.6 Å². The Hall–Kier alpha value is -3.74. The lowest BCUT2D eigenvalue weighted by molar-refractivity contribution is -0.133. The van der Waals surface area contributed by atoms with Gasteiger partial charge in [0.05, 0.1) is 23.8 Å². The molecule has 0 unspecified atom stereocenters.